The van der Waals surface area contributed by atoms with Gasteiger partial charge in [-0.1, -0.05) is 84.9 Å². The molecule has 0 amide bonds. The van der Waals surface area contributed by atoms with Crippen molar-refractivity contribution in [1.82, 2.24) is 4.90 Å². The van der Waals surface area contributed by atoms with Crippen LogP contribution in [0.2, 0.25) is 0 Å². The second kappa shape index (κ2) is 11.1. The highest BCUT2D eigenvalue weighted by Crippen LogP contribution is 2.29. The number of benzene rings is 4. The Balaban J connectivity index is 1.82. The quantitative estimate of drug-likeness (QED) is 0.267. The normalized spacial score (nSPS) is 11.2. The third-order valence-corrected chi connectivity index (χ3v) is 5.54. The molecule has 166 valence electrons. The van der Waals surface area contributed by atoms with Crippen LogP contribution >= 0.6 is 0 Å². The highest BCUT2D eigenvalue weighted by Gasteiger charge is 2.15. The van der Waals surface area contributed by atoms with Crippen LogP contribution in [0.4, 0.5) is 0 Å². The molecular weight excluding hydrogens is 406 g/mol. The summed E-state index contributed by atoms with van der Waals surface area (Å²) in [5, 5.41) is 0. The molecule has 0 bridgehead atoms. The monoisotopic (exact) mass is 435 g/mol. The molecule has 0 atom stereocenters. The molecule has 0 aliphatic rings. The van der Waals surface area contributed by atoms with E-state index >= 15 is 0 Å². The van der Waals surface area contributed by atoms with Crippen LogP contribution in [0.15, 0.2) is 109 Å². The Morgan fingerprint density at radius 1 is 0.636 bits per heavy atom. The third-order valence-electron chi connectivity index (χ3n) is 5.54. The van der Waals surface area contributed by atoms with E-state index in [-0.39, 0.29) is 0 Å². The average molecular weight is 436 g/mol. The second-order valence-corrected chi connectivity index (χ2v) is 7.87. The molecule has 4 rings (SSSR count). The molecule has 0 aliphatic carbocycles. The standard InChI is InChI=1S/C30H29NO2/c1-32-28-17-9-15-26(19-28)20-30(27-16-10-18-29(21-27)33-2)31(22-24-11-5-3-6-12-24)23-25-13-7-4-8-14-25/h3-21H,22-23H2,1-2H3/b30-20+. The minimum absolute atomic E-state index is 0.781. The Hall–Kier alpha value is -3.98. The number of nitrogens with zero attached hydrogens (tertiary/aromatic N) is 1. The SMILES string of the molecule is COc1cccc(/C=C(\c2cccc(OC)c2)N(Cc2ccccc2)Cc2ccccc2)c1. The first-order valence-electron chi connectivity index (χ1n) is 11.1. The molecule has 33 heavy (non-hydrogen) atoms. The molecule has 0 spiro atoms. The smallest absolute Gasteiger partial charge is 0.119 e. The highest BCUT2D eigenvalue weighted by atomic mass is 16.5. The Morgan fingerprint density at radius 3 is 1.76 bits per heavy atom. The summed E-state index contributed by atoms with van der Waals surface area (Å²) in [4.78, 5) is 2.42. The number of hydrogen-bond acceptors (Lipinski definition) is 3. The predicted octanol–water partition coefficient (Wildman–Crippen LogP) is 6.90. The molecule has 0 aliphatic heterocycles. The maximum absolute atomic E-state index is 5.54. The predicted molar refractivity (Wildman–Crippen MR) is 136 cm³/mol. The molecule has 0 aromatic heterocycles. The van der Waals surface area contributed by atoms with Gasteiger partial charge in [0.2, 0.25) is 0 Å². The summed E-state index contributed by atoms with van der Waals surface area (Å²) in [6, 6.07) is 37.6. The summed E-state index contributed by atoms with van der Waals surface area (Å²) >= 11 is 0. The van der Waals surface area contributed by atoms with Gasteiger partial charge in [0.1, 0.15) is 11.5 Å². The van der Waals surface area contributed by atoms with Crippen LogP contribution in [0.25, 0.3) is 11.8 Å². The molecular formula is C30H29NO2. The van der Waals surface area contributed by atoms with E-state index in [1.165, 1.54) is 11.1 Å². The Bertz CT molecular complexity index is 1140. The molecule has 0 unspecified atom stereocenters. The average Bonchev–Trinajstić information content (AvgIpc) is 2.88. The minimum Gasteiger partial charge on any atom is -0.497 e. The summed E-state index contributed by atoms with van der Waals surface area (Å²) in [6.07, 6.45) is 2.23. The van der Waals surface area contributed by atoms with Crippen molar-refractivity contribution in [3.05, 3.63) is 131 Å². The summed E-state index contributed by atoms with van der Waals surface area (Å²) in [7, 11) is 3.40. The van der Waals surface area contributed by atoms with E-state index in [1.807, 2.05) is 24.3 Å². The van der Waals surface area contributed by atoms with Crippen molar-refractivity contribution in [1.29, 1.82) is 0 Å². The summed E-state index contributed by atoms with van der Waals surface area (Å²) in [5.74, 6) is 1.68. The van der Waals surface area contributed by atoms with E-state index in [0.29, 0.717) is 0 Å². The van der Waals surface area contributed by atoms with Gasteiger partial charge in [-0.05, 0) is 47.0 Å². The van der Waals surface area contributed by atoms with Gasteiger partial charge in [-0.15, -0.1) is 0 Å². The first-order valence-corrected chi connectivity index (χ1v) is 11.1. The summed E-state index contributed by atoms with van der Waals surface area (Å²) in [6.45, 7) is 1.56. The number of methoxy groups -OCH3 is 2. The highest BCUT2D eigenvalue weighted by molar-refractivity contribution is 5.81. The van der Waals surface area contributed by atoms with Gasteiger partial charge < -0.3 is 14.4 Å². The van der Waals surface area contributed by atoms with Crippen molar-refractivity contribution in [3.8, 4) is 11.5 Å². The van der Waals surface area contributed by atoms with E-state index in [1.54, 1.807) is 14.2 Å². The lowest BCUT2D eigenvalue weighted by Gasteiger charge is -2.29. The van der Waals surface area contributed by atoms with Gasteiger partial charge in [-0.3, -0.25) is 0 Å². The van der Waals surface area contributed by atoms with Crippen molar-refractivity contribution in [2.24, 2.45) is 0 Å². The topological polar surface area (TPSA) is 21.7 Å². The largest absolute Gasteiger partial charge is 0.497 e. The lowest BCUT2D eigenvalue weighted by molar-refractivity contribution is 0.384. The lowest BCUT2D eigenvalue weighted by atomic mass is 10.0. The first kappa shape index (κ1) is 22.2. The van der Waals surface area contributed by atoms with Crippen LogP contribution in [0.3, 0.4) is 0 Å². The first-order chi connectivity index (χ1) is 16.2. The number of rotatable bonds is 9. The second-order valence-electron chi connectivity index (χ2n) is 7.87. The van der Waals surface area contributed by atoms with Gasteiger partial charge in [0.25, 0.3) is 0 Å². The van der Waals surface area contributed by atoms with E-state index in [9.17, 15) is 0 Å². The van der Waals surface area contributed by atoms with E-state index < -0.39 is 0 Å². The third kappa shape index (κ3) is 6.05. The van der Waals surface area contributed by atoms with Crippen molar-refractivity contribution < 1.29 is 9.47 Å². The van der Waals surface area contributed by atoms with Crippen LogP contribution < -0.4 is 9.47 Å². The Labute approximate surface area is 196 Å². The minimum atomic E-state index is 0.781. The summed E-state index contributed by atoms with van der Waals surface area (Å²) in [5.41, 5.74) is 5.82. The van der Waals surface area contributed by atoms with Crippen LogP contribution in [0.5, 0.6) is 11.5 Å². The van der Waals surface area contributed by atoms with Gasteiger partial charge in [-0.25, -0.2) is 0 Å². The molecule has 0 N–H and O–H groups in total. The van der Waals surface area contributed by atoms with Crippen molar-refractivity contribution in [2.45, 2.75) is 13.1 Å². The van der Waals surface area contributed by atoms with Gasteiger partial charge >= 0.3 is 0 Å². The van der Waals surface area contributed by atoms with Gasteiger partial charge in [0.05, 0.1) is 14.2 Å². The summed E-state index contributed by atoms with van der Waals surface area (Å²) < 4.78 is 11.0. The van der Waals surface area contributed by atoms with E-state index in [0.717, 1.165) is 41.4 Å². The molecule has 4 aromatic rings. The van der Waals surface area contributed by atoms with Crippen LogP contribution in [-0.2, 0) is 13.1 Å². The maximum atomic E-state index is 5.54. The van der Waals surface area contributed by atoms with Crippen molar-refractivity contribution in [3.63, 3.8) is 0 Å². The van der Waals surface area contributed by atoms with Crippen LogP contribution in [-0.4, -0.2) is 19.1 Å². The maximum Gasteiger partial charge on any atom is 0.119 e. The van der Waals surface area contributed by atoms with Gasteiger partial charge in [0, 0.05) is 24.4 Å². The Morgan fingerprint density at radius 2 is 1.18 bits per heavy atom. The van der Waals surface area contributed by atoms with Crippen LogP contribution in [0.1, 0.15) is 22.3 Å². The van der Waals surface area contributed by atoms with Crippen molar-refractivity contribution in [2.75, 3.05) is 14.2 Å². The molecule has 3 nitrogen and oxygen atoms in total. The number of ether oxygens (including phenoxy) is 2. The zero-order valence-corrected chi connectivity index (χ0v) is 19.1. The van der Waals surface area contributed by atoms with E-state index in [2.05, 4.69) is 95.9 Å². The fraction of sp³-hybridized carbons (Fsp3) is 0.133. The molecule has 3 heteroatoms. The number of hydrogen-bond donors (Lipinski definition) is 0. The molecule has 0 heterocycles. The zero-order valence-electron chi connectivity index (χ0n) is 19.1. The van der Waals surface area contributed by atoms with Gasteiger partial charge in [0.15, 0.2) is 0 Å². The fourth-order valence-electron chi connectivity index (χ4n) is 3.86. The molecule has 0 saturated heterocycles. The fourth-order valence-corrected chi connectivity index (χ4v) is 3.86. The lowest BCUT2D eigenvalue weighted by Crippen LogP contribution is -2.21. The van der Waals surface area contributed by atoms with E-state index in [4.69, 9.17) is 9.47 Å². The van der Waals surface area contributed by atoms with Gasteiger partial charge in [-0.2, -0.15) is 0 Å². The zero-order chi connectivity index (χ0) is 22.9. The van der Waals surface area contributed by atoms with Crippen molar-refractivity contribution >= 4 is 11.8 Å². The molecule has 0 radical (unpaired) electrons. The van der Waals surface area contributed by atoms with Crippen LogP contribution in [0, 0.1) is 0 Å². The molecule has 0 saturated carbocycles. The Kier molecular flexibility index (Phi) is 7.44. The molecule has 4 aromatic carbocycles. The molecule has 0 fully saturated rings.